The summed E-state index contributed by atoms with van der Waals surface area (Å²) in [6, 6.07) is 4.53. The minimum absolute atomic E-state index is 0.217. The first-order chi connectivity index (χ1) is 9.56. The molecule has 0 fully saturated rings. The molecule has 1 atom stereocenters. The van der Waals surface area contributed by atoms with Gasteiger partial charge in [0, 0.05) is 29.1 Å². The lowest BCUT2D eigenvalue weighted by atomic mass is 9.97. The van der Waals surface area contributed by atoms with Crippen molar-refractivity contribution in [2.45, 2.75) is 33.2 Å². The summed E-state index contributed by atoms with van der Waals surface area (Å²) in [6.45, 7) is 6.25. The molecule has 0 aliphatic rings. The highest BCUT2D eigenvalue weighted by atomic mass is 32.1. The molecule has 0 aliphatic carbocycles. The minimum atomic E-state index is 0.217. The van der Waals surface area contributed by atoms with Gasteiger partial charge in [-0.2, -0.15) is 0 Å². The van der Waals surface area contributed by atoms with Gasteiger partial charge in [-0.05, 0) is 38.9 Å². The summed E-state index contributed by atoms with van der Waals surface area (Å²) in [5.41, 5.74) is 4.75. The van der Waals surface area contributed by atoms with Crippen LogP contribution < -0.4 is 10.1 Å². The first-order valence-electron chi connectivity index (χ1n) is 6.79. The molecule has 1 aromatic heterocycles. The molecule has 1 aromatic carbocycles. The molecule has 0 amide bonds. The predicted molar refractivity (Wildman–Crippen MR) is 84.8 cm³/mol. The van der Waals surface area contributed by atoms with Gasteiger partial charge in [-0.15, -0.1) is 11.3 Å². The van der Waals surface area contributed by atoms with E-state index in [1.54, 1.807) is 18.4 Å². The molecule has 0 radical (unpaired) electrons. The molecule has 108 valence electrons. The number of thiazole rings is 1. The highest BCUT2D eigenvalue weighted by Gasteiger charge is 2.18. The quantitative estimate of drug-likeness (QED) is 0.914. The third-order valence-corrected chi connectivity index (χ3v) is 4.67. The molecule has 1 heterocycles. The van der Waals surface area contributed by atoms with Crippen LogP contribution in [-0.4, -0.2) is 19.1 Å². The maximum absolute atomic E-state index is 5.63. The Balaban J connectivity index is 2.34. The number of nitrogens with zero attached hydrogens (tertiary/aromatic N) is 1. The van der Waals surface area contributed by atoms with E-state index in [0.29, 0.717) is 0 Å². The number of ether oxygens (including phenoxy) is 1. The first kappa shape index (κ1) is 15.0. The highest BCUT2D eigenvalue weighted by molar-refractivity contribution is 7.09. The number of rotatable bonds is 5. The summed E-state index contributed by atoms with van der Waals surface area (Å²) in [6.07, 6.45) is 0.883. The molecule has 3 nitrogen and oxygen atoms in total. The smallest absolute Gasteiger partial charge is 0.126 e. The van der Waals surface area contributed by atoms with Crippen molar-refractivity contribution in [3.8, 4) is 5.75 Å². The lowest BCUT2D eigenvalue weighted by Crippen LogP contribution is -2.20. The van der Waals surface area contributed by atoms with Gasteiger partial charge in [-0.3, -0.25) is 0 Å². The molecule has 0 aliphatic heterocycles. The van der Waals surface area contributed by atoms with Crippen LogP contribution in [0, 0.1) is 20.8 Å². The molecule has 0 bridgehead atoms. The Hall–Kier alpha value is -1.39. The molecule has 2 rings (SSSR count). The van der Waals surface area contributed by atoms with E-state index in [4.69, 9.17) is 4.74 Å². The summed E-state index contributed by atoms with van der Waals surface area (Å²) in [5.74, 6) is 0.984. The molecule has 1 unspecified atom stereocenters. The Bertz CT molecular complexity index is 592. The van der Waals surface area contributed by atoms with Gasteiger partial charge >= 0.3 is 0 Å². The normalized spacial score (nSPS) is 12.4. The van der Waals surface area contributed by atoms with Gasteiger partial charge in [0.1, 0.15) is 5.75 Å². The van der Waals surface area contributed by atoms with Crippen LogP contribution in [0.3, 0.4) is 0 Å². The summed E-state index contributed by atoms with van der Waals surface area (Å²) in [5, 5.41) is 6.64. The maximum Gasteiger partial charge on any atom is 0.126 e. The standard InChI is InChI=1S/C16H22N2OS/c1-10-6-7-13(16(19-5)12(10)3)14(17-4)8-15-18-11(2)9-20-15/h6-7,9,14,17H,8H2,1-5H3. The first-order valence-corrected chi connectivity index (χ1v) is 7.67. The van der Waals surface area contributed by atoms with E-state index in [1.165, 1.54) is 16.7 Å². The van der Waals surface area contributed by atoms with Gasteiger partial charge in [0.15, 0.2) is 0 Å². The van der Waals surface area contributed by atoms with Crippen molar-refractivity contribution in [1.29, 1.82) is 0 Å². The number of hydrogen-bond acceptors (Lipinski definition) is 4. The van der Waals surface area contributed by atoms with E-state index < -0.39 is 0 Å². The minimum Gasteiger partial charge on any atom is -0.496 e. The van der Waals surface area contributed by atoms with Gasteiger partial charge in [-0.1, -0.05) is 12.1 Å². The predicted octanol–water partition coefficient (Wildman–Crippen LogP) is 3.58. The molecule has 0 saturated carbocycles. The van der Waals surface area contributed by atoms with E-state index >= 15 is 0 Å². The number of nitrogens with one attached hydrogen (secondary N) is 1. The molecule has 0 saturated heterocycles. The van der Waals surface area contributed by atoms with Crippen LogP contribution in [0.25, 0.3) is 0 Å². The zero-order chi connectivity index (χ0) is 14.7. The average Bonchev–Trinajstić information content (AvgIpc) is 2.84. The second-order valence-corrected chi connectivity index (χ2v) is 6.00. The van der Waals surface area contributed by atoms with Crippen LogP contribution in [-0.2, 0) is 6.42 Å². The van der Waals surface area contributed by atoms with Crippen molar-refractivity contribution in [2.75, 3.05) is 14.2 Å². The summed E-state index contributed by atoms with van der Waals surface area (Å²) >= 11 is 1.72. The van der Waals surface area contributed by atoms with Crippen LogP contribution in [0.1, 0.15) is 33.4 Å². The van der Waals surface area contributed by atoms with E-state index in [-0.39, 0.29) is 6.04 Å². The molecular formula is C16H22N2OS. The molecule has 1 N–H and O–H groups in total. The zero-order valence-electron chi connectivity index (χ0n) is 12.8. The van der Waals surface area contributed by atoms with Gasteiger partial charge in [0.2, 0.25) is 0 Å². The van der Waals surface area contributed by atoms with Crippen LogP contribution in [0.4, 0.5) is 0 Å². The lowest BCUT2D eigenvalue weighted by Gasteiger charge is -2.21. The number of aryl methyl sites for hydroxylation is 2. The van der Waals surface area contributed by atoms with Gasteiger partial charge in [0.05, 0.1) is 12.1 Å². The van der Waals surface area contributed by atoms with Crippen molar-refractivity contribution in [3.63, 3.8) is 0 Å². The third kappa shape index (κ3) is 3.02. The molecule has 0 spiro atoms. The SMILES string of the molecule is CNC(Cc1nc(C)cs1)c1ccc(C)c(C)c1OC. The Morgan fingerprint density at radius 3 is 2.60 bits per heavy atom. The maximum atomic E-state index is 5.63. The second kappa shape index (κ2) is 6.37. The second-order valence-electron chi connectivity index (χ2n) is 5.06. The molecule has 20 heavy (non-hydrogen) atoms. The summed E-state index contributed by atoms with van der Waals surface area (Å²) in [4.78, 5) is 4.56. The van der Waals surface area contributed by atoms with Crippen LogP contribution >= 0.6 is 11.3 Å². The van der Waals surface area contributed by atoms with Crippen molar-refractivity contribution in [1.82, 2.24) is 10.3 Å². The average molecular weight is 290 g/mol. The monoisotopic (exact) mass is 290 g/mol. The molecule has 2 aromatic rings. The molecular weight excluding hydrogens is 268 g/mol. The van der Waals surface area contributed by atoms with E-state index in [2.05, 4.69) is 41.7 Å². The van der Waals surface area contributed by atoms with E-state index in [1.807, 2.05) is 14.0 Å². The largest absolute Gasteiger partial charge is 0.496 e. The number of aromatic nitrogens is 1. The number of hydrogen-bond donors (Lipinski definition) is 1. The van der Waals surface area contributed by atoms with Crippen LogP contribution in [0.5, 0.6) is 5.75 Å². The zero-order valence-corrected chi connectivity index (χ0v) is 13.6. The van der Waals surface area contributed by atoms with Crippen molar-refractivity contribution in [3.05, 3.63) is 44.9 Å². The fourth-order valence-electron chi connectivity index (χ4n) is 2.39. The summed E-state index contributed by atoms with van der Waals surface area (Å²) in [7, 11) is 3.73. The fourth-order valence-corrected chi connectivity index (χ4v) is 3.21. The Morgan fingerprint density at radius 2 is 2.05 bits per heavy atom. The van der Waals surface area contributed by atoms with Crippen molar-refractivity contribution in [2.24, 2.45) is 0 Å². The molecule has 4 heteroatoms. The third-order valence-electron chi connectivity index (χ3n) is 3.68. The van der Waals surface area contributed by atoms with Crippen molar-refractivity contribution >= 4 is 11.3 Å². The fraction of sp³-hybridized carbons (Fsp3) is 0.438. The number of benzene rings is 1. The van der Waals surface area contributed by atoms with E-state index in [9.17, 15) is 0 Å². The van der Waals surface area contributed by atoms with Gasteiger partial charge in [-0.25, -0.2) is 4.98 Å². The lowest BCUT2D eigenvalue weighted by molar-refractivity contribution is 0.397. The topological polar surface area (TPSA) is 34.2 Å². The Morgan fingerprint density at radius 1 is 1.30 bits per heavy atom. The Kier molecular flexibility index (Phi) is 4.78. The number of methoxy groups -OCH3 is 1. The highest BCUT2D eigenvalue weighted by Crippen LogP contribution is 2.32. The van der Waals surface area contributed by atoms with Gasteiger partial charge < -0.3 is 10.1 Å². The Labute approximate surface area is 125 Å². The van der Waals surface area contributed by atoms with Crippen molar-refractivity contribution < 1.29 is 4.74 Å². The van der Waals surface area contributed by atoms with Gasteiger partial charge in [0.25, 0.3) is 0 Å². The van der Waals surface area contributed by atoms with E-state index in [0.717, 1.165) is 22.9 Å². The summed E-state index contributed by atoms with van der Waals surface area (Å²) < 4.78 is 5.63. The van der Waals surface area contributed by atoms with Crippen LogP contribution in [0.15, 0.2) is 17.5 Å². The number of likely N-dealkylation sites (N-methyl/N-ethyl adjacent to an activating group) is 1. The van der Waals surface area contributed by atoms with Crippen LogP contribution in [0.2, 0.25) is 0 Å².